The van der Waals surface area contributed by atoms with Gasteiger partial charge in [0.15, 0.2) is 0 Å². The van der Waals surface area contributed by atoms with Crippen molar-refractivity contribution in [1.29, 1.82) is 0 Å². The average molecular weight is 359 g/mol. The molecule has 1 aliphatic rings. The zero-order chi connectivity index (χ0) is 19.3. The monoisotopic (exact) mass is 359 g/mol. The first-order chi connectivity index (χ1) is 12.2. The van der Waals surface area contributed by atoms with Gasteiger partial charge in [-0.05, 0) is 11.0 Å². The van der Waals surface area contributed by atoms with Crippen molar-refractivity contribution in [3.05, 3.63) is 35.9 Å². The van der Waals surface area contributed by atoms with E-state index in [2.05, 4.69) is 5.32 Å². The van der Waals surface area contributed by atoms with Crippen molar-refractivity contribution < 1.29 is 14.4 Å². The highest BCUT2D eigenvalue weighted by Gasteiger charge is 2.36. The number of carbonyl (C=O) groups excluding carboxylic acids is 3. The van der Waals surface area contributed by atoms with Crippen molar-refractivity contribution >= 4 is 17.7 Å². The smallest absolute Gasteiger partial charge is 0.244 e. The van der Waals surface area contributed by atoms with Gasteiger partial charge in [-0.1, -0.05) is 51.1 Å². The van der Waals surface area contributed by atoms with Gasteiger partial charge in [0, 0.05) is 33.0 Å². The number of carbonyl (C=O) groups is 3. The fourth-order valence-corrected chi connectivity index (χ4v) is 3.08. The molecule has 1 aromatic carbocycles. The van der Waals surface area contributed by atoms with Crippen molar-refractivity contribution in [3.63, 3.8) is 0 Å². The molecular formula is C20H29N3O3. The van der Waals surface area contributed by atoms with Crippen molar-refractivity contribution in [2.75, 3.05) is 19.6 Å². The Hall–Kier alpha value is -2.37. The minimum atomic E-state index is -0.645. The van der Waals surface area contributed by atoms with E-state index >= 15 is 0 Å². The van der Waals surface area contributed by atoms with Crippen LogP contribution in [0.25, 0.3) is 0 Å². The summed E-state index contributed by atoms with van der Waals surface area (Å²) < 4.78 is 0. The van der Waals surface area contributed by atoms with Gasteiger partial charge in [0.2, 0.25) is 17.7 Å². The molecular weight excluding hydrogens is 330 g/mol. The SMILES string of the molecule is CC(=O)N1CCN(C(=O)CC(C)(C)C)CC1C(=O)NCc1ccccc1. The molecule has 1 atom stereocenters. The van der Waals surface area contributed by atoms with Gasteiger partial charge in [0.1, 0.15) is 6.04 Å². The van der Waals surface area contributed by atoms with Crippen LogP contribution in [0, 0.1) is 5.41 Å². The van der Waals surface area contributed by atoms with Crippen molar-refractivity contribution in [3.8, 4) is 0 Å². The summed E-state index contributed by atoms with van der Waals surface area (Å²) in [6, 6.07) is 8.97. The molecule has 0 saturated carbocycles. The van der Waals surface area contributed by atoms with E-state index in [1.54, 1.807) is 9.80 Å². The Morgan fingerprint density at radius 3 is 2.35 bits per heavy atom. The highest BCUT2D eigenvalue weighted by atomic mass is 16.2. The molecule has 6 nitrogen and oxygen atoms in total. The number of hydrogen-bond donors (Lipinski definition) is 1. The third kappa shape index (κ3) is 5.58. The second-order valence-corrected chi connectivity index (χ2v) is 8.01. The molecule has 1 fully saturated rings. The summed E-state index contributed by atoms with van der Waals surface area (Å²) in [5, 5.41) is 2.89. The lowest BCUT2D eigenvalue weighted by Crippen LogP contribution is -2.61. The van der Waals surface area contributed by atoms with Crippen LogP contribution >= 0.6 is 0 Å². The molecule has 0 bridgehead atoms. The van der Waals surface area contributed by atoms with Crippen LogP contribution in [0.15, 0.2) is 30.3 Å². The quantitative estimate of drug-likeness (QED) is 0.891. The zero-order valence-corrected chi connectivity index (χ0v) is 16.1. The highest BCUT2D eigenvalue weighted by molar-refractivity contribution is 5.88. The Kier molecular flexibility index (Phi) is 6.40. The molecule has 1 heterocycles. The number of amides is 3. The van der Waals surface area contributed by atoms with E-state index < -0.39 is 6.04 Å². The second kappa shape index (κ2) is 8.34. The molecule has 1 unspecified atom stereocenters. The summed E-state index contributed by atoms with van der Waals surface area (Å²) in [5.74, 6) is -0.341. The van der Waals surface area contributed by atoms with Gasteiger partial charge >= 0.3 is 0 Å². The van der Waals surface area contributed by atoms with Gasteiger partial charge < -0.3 is 15.1 Å². The predicted octanol–water partition coefficient (Wildman–Crippen LogP) is 1.80. The summed E-state index contributed by atoms with van der Waals surface area (Å²) in [5.41, 5.74) is 0.881. The van der Waals surface area contributed by atoms with Gasteiger partial charge in [-0.25, -0.2) is 0 Å². The maximum Gasteiger partial charge on any atom is 0.244 e. The number of rotatable bonds is 4. The van der Waals surface area contributed by atoms with Crippen molar-refractivity contribution in [2.45, 2.75) is 46.7 Å². The lowest BCUT2D eigenvalue weighted by atomic mass is 9.91. The molecule has 0 radical (unpaired) electrons. The number of nitrogens with one attached hydrogen (secondary N) is 1. The van der Waals surface area contributed by atoms with Crippen molar-refractivity contribution in [2.24, 2.45) is 5.41 Å². The van der Waals surface area contributed by atoms with Crippen LogP contribution in [0.5, 0.6) is 0 Å². The zero-order valence-electron chi connectivity index (χ0n) is 16.1. The number of benzene rings is 1. The average Bonchev–Trinajstić information content (AvgIpc) is 2.58. The van der Waals surface area contributed by atoms with Crippen LogP contribution in [-0.2, 0) is 20.9 Å². The van der Waals surface area contributed by atoms with Gasteiger partial charge in [-0.15, -0.1) is 0 Å². The van der Waals surface area contributed by atoms with Crippen LogP contribution in [0.3, 0.4) is 0 Å². The first kappa shape index (κ1) is 19.9. The van der Waals surface area contributed by atoms with Crippen LogP contribution in [-0.4, -0.2) is 53.2 Å². The summed E-state index contributed by atoms with van der Waals surface area (Å²) in [7, 11) is 0. The maximum absolute atomic E-state index is 12.7. The molecule has 26 heavy (non-hydrogen) atoms. The van der Waals surface area contributed by atoms with Gasteiger partial charge in [-0.3, -0.25) is 14.4 Å². The summed E-state index contributed by atoms with van der Waals surface area (Å²) in [6.07, 6.45) is 0.422. The highest BCUT2D eigenvalue weighted by Crippen LogP contribution is 2.21. The first-order valence-corrected chi connectivity index (χ1v) is 9.04. The molecule has 0 aliphatic carbocycles. The van der Waals surface area contributed by atoms with E-state index in [-0.39, 0.29) is 29.7 Å². The van der Waals surface area contributed by atoms with E-state index in [1.807, 2.05) is 51.1 Å². The molecule has 3 amide bonds. The van der Waals surface area contributed by atoms with E-state index in [1.165, 1.54) is 6.92 Å². The van der Waals surface area contributed by atoms with E-state index in [4.69, 9.17) is 0 Å². The summed E-state index contributed by atoms with van der Waals surface area (Å²) in [4.78, 5) is 40.4. The first-order valence-electron chi connectivity index (χ1n) is 9.04. The third-order valence-corrected chi connectivity index (χ3v) is 4.43. The number of nitrogens with zero attached hydrogens (tertiary/aromatic N) is 2. The van der Waals surface area contributed by atoms with E-state index in [0.29, 0.717) is 26.1 Å². The van der Waals surface area contributed by atoms with Crippen LogP contribution in [0.2, 0.25) is 0 Å². The van der Waals surface area contributed by atoms with Gasteiger partial charge in [0.05, 0.1) is 6.54 Å². The summed E-state index contributed by atoms with van der Waals surface area (Å²) in [6.45, 7) is 9.00. The Bertz CT molecular complexity index is 652. The maximum atomic E-state index is 12.7. The van der Waals surface area contributed by atoms with Crippen LogP contribution in [0.1, 0.15) is 39.7 Å². The number of piperazine rings is 1. The minimum absolute atomic E-state index is 0.0292. The van der Waals surface area contributed by atoms with Crippen molar-refractivity contribution in [1.82, 2.24) is 15.1 Å². The molecule has 1 aliphatic heterocycles. The lowest BCUT2D eigenvalue weighted by Gasteiger charge is -2.40. The molecule has 2 rings (SSSR count). The molecule has 6 heteroatoms. The van der Waals surface area contributed by atoms with Gasteiger partial charge in [-0.2, -0.15) is 0 Å². The largest absolute Gasteiger partial charge is 0.350 e. The Labute approximate surface area is 155 Å². The van der Waals surface area contributed by atoms with Gasteiger partial charge in [0.25, 0.3) is 0 Å². The molecule has 0 aromatic heterocycles. The standard InChI is InChI=1S/C20H29N3O3/c1-15(24)23-11-10-22(18(25)12-20(2,3)4)14-17(23)19(26)21-13-16-8-6-5-7-9-16/h5-9,17H,10-14H2,1-4H3,(H,21,26). The minimum Gasteiger partial charge on any atom is -0.350 e. The van der Waals surface area contributed by atoms with E-state index in [9.17, 15) is 14.4 Å². The van der Waals surface area contributed by atoms with E-state index in [0.717, 1.165) is 5.56 Å². The molecule has 0 spiro atoms. The van der Waals surface area contributed by atoms with Crippen LogP contribution in [0.4, 0.5) is 0 Å². The second-order valence-electron chi connectivity index (χ2n) is 8.01. The third-order valence-electron chi connectivity index (χ3n) is 4.43. The Morgan fingerprint density at radius 1 is 1.12 bits per heavy atom. The molecule has 1 saturated heterocycles. The predicted molar refractivity (Wildman–Crippen MR) is 100 cm³/mol. The topological polar surface area (TPSA) is 69.7 Å². The fourth-order valence-electron chi connectivity index (χ4n) is 3.08. The fraction of sp³-hybridized carbons (Fsp3) is 0.550. The Morgan fingerprint density at radius 2 is 1.77 bits per heavy atom. The molecule has 1 aromatic rings. The van der Waals surface area contributed by atoms with Crippen LogP contribution < -0.4 is 5.32 Å². The molecule has 142 valence electrons. The lowest BCUT2D eigenvalue weighted by molar-refractivity contribution is -0.148. The molecule has 1 N–H and O–H groups in total. The normalized spacial score (nSPS) is 17.8. The Balaban J connectivity index is 2.04. The summed E-state index contributed by atoms with van der Waals surface area (Å²) >= 11 is 0. The number of hydrogen-bond acceptors (Lipinski definition) is 3.